The fourth-order valence-electron chi connectivity index (χ4n) is 4.36. The molecule has 0 bridgehead atoms. The zero-order chi connectivity index (χ0) is 27.4. The minimum absolute atomic E-state index is 0.0103. The Kier molecular flexibility index (Phi) is 7.81. The first-order chi connectivity index (χ1) is 18.2. The van der Waals surface area contributed by atoms with Crippen LogP contribution in [0.1, 0.15) is 46.9 Å². The number of carbonyl (C=O) groups excluding carboxylic acids is 3. The maximum Gasteiger partial charge on any atom is 0.337 e. The second kappa shape index (κ2) is 11.2. The average molecular weight is 516 g/mol. The van der Waals surface area contributed by atoms with Gasteiger partial charge in [0.2, 0.25) is 0 Å². The number of hydrogen-bond donors (Lipinski definition) is 1. The molecule has 3 aromatic carbocycles. The standard InChI is InChI=1S/C30H29NO7/c1-18(2)38-24-15-11-21(12-16-24)27(32)25-26(20-9-13-23(36-3)14-10-20)31(29(34)28(25)33)17-19-5-7-22(8-6-19)30(35)37-4/h5-16,18,26,32H,17H2,1-4H3/b27-25+. The van der Waals surface area contributed by atoms with Crippen LogP contribution in [-0.4, -0.2) is 48.0 Å². The highest BCUT2D eigenvalue weighted by atomic mass is 16.5. The molecular formula is C30H29NO7. The van der Waals surface area contributed by atoms with Crippen LogP contribution in [0.2, 0.25) is 0 Å². The summed E-state index contributed by atoms with van der Waals surface area (Å²) < 4.78 is 15.7. The van der Waals surface area contributed by atoms with Crippen molar-refractivity contribution in [1.29, 1.82) is 0 Å². The molecule has 196 valence electrons. The number of aliphatic hydroxyl groups is 1. The second-order valence-electron chi connectivity index (χ2n) is 9.08. The normalized spacial score (nSPS) is 16.6. The number of amides is 1. The highest BCUT2D eigenvalue weighted by molar-refractivity contribution is 6.46. The van der Waals surface area contributed by atoms with E-state index >= 15 is 0 Å². The molecule has 1 fully saturated rings. The van der Waals surface area contributed by atoms with Crippen LogP contribution >= 0.6 is 0 Å². The molecule has 0 aromatic heterocycles. The summed E-state index contributed by atoms with van der Waals surface area (Å²) in [7, 11) is 2.85. The topological polar surface area (TPSA) is 102 Å². The third-order valence-electron chi connectivity index (χ3n) is 6.20. The highest BCUT2D eigenvalue weighted by Crippen LogP contribution is 2.41. The predicted molar refractivity (Wildman–Crippen MR) is 141 cm³/mol. The number of esters is 1. The first-order valence-electron chi connectivity index (χ1n) is 12.1. The van der Waals surface area contributed by atoms with E-state index in [4.69, 9.17) is 14.2 Å². The third-order valence-corrected chi connectivity index (χ3v) is 6.20. The average Bonchev–Trinajstić information content (AvgIpc) is 3.17. The van der Waals surface area contributed by atoms with Crippen molar-refractivity contribution < 1.29 is 33.7 Å². The molecular weight excluding hydrogens is 486 g/mol. The van der Waals surface area contributed by atoms with Crippen molar-refractivity contribution in [2.75, 3.05) is 14.2 Å². The van der Waals surface area contributed by atoms with E-state index in [-0.39, 0.29) is 24.0 Å². The molecule has 4 rings (SSSR count). The van der Waals surface area contributed by atoms with E-state index in [2.05, 4.69) is 0 Å². The van der Waals surface area contributed by atoms with Gasteiger partial charge in [0.1, 0.15) is 17.3 Å². The monoisotopic (exact) mass is 515 g/mol. The van der Waals surface area contributed by atoms with Gasteiger partial charge in [0.25, 0.3) is 11.7 Å². The molecule has 1 heterocycles. The lowest BCUT2D eigenvalue weighted by Gasteiger charge is -2.25. The molecule has 8 nitrogen and oxygen atoms in total. The Morgan fingerprint density at radius 3 is 2.00 bits per heavy atom. The molecule has 1 aliphatic rings. The van der Waals surface area contributed by atoms with Gasteiger partial charge in [0, 0.05) is 12.1 Å². The SMILES string of the molecule is COC(=O)c1ccc(CN2C(=O)C(=O)/C(=C(/O)c3ccc(OC(C)C)cc3)C2c2ccc(OC)cc2)cc1. The first-order valence-corrected chi connectivity index (χ1v) is 12.1. The molecule has 0 spiro atoms. The van der Waals surface area contributed by atoms with Crippen LogP contribution in [0.5, 0.6) is 11.5 Å². The second-order valence-corrected chi connectivity index (χ2v) is 9.08. The lowest BCUT2D eigenvalue weighted by molar-refractivity contribution is -0.140. The molecule has 1 amide bonds. The van der Waals surface area contributed by atoms with Gasteiger partial charge in [0.15, 0.2) is 0 Å². The number of nitrogens with zero attached hydrogens (tertiary/aromatic N) is 1. The fourth-order valence-corrected chi connectivity index (χ4v) is 4.36. The van der Waals surface area contributed by atoms with Crippen molar-refractivity contribution in [2.24, 2.45) is 0 Å². The number of likely N-dealkylation sites (tertiary alicyclic amines) is 1. The van der Waals surface area contributed by atoms with Crippen LogP contribution < -0.4 is 9.47 Å². The number of methoxy groups -OCH3 is 2. The number of hydrogen-bond acceptors (Lipinski definition) is 7. The summed E-state index contributed by atoms with van der Waals surface area (Å²) in [6.45, 7) is 3.90. The molecule has 1 saturated heterocycles. The molecule has 3 aromatic rings. The summed E-state index contributed by atoms with van der Waals surface area (Å²) in [5.74, 6) is -1.02. The van der Waals surface area contributed by atoms with E-state index < -0.39 is 23.7 Å². The maximum absolute atomic E-state index is 13.3. The summed E-state index contributed by atoms with van der Waals surface area (Å²) in [5, 5.41) is 11.3. The number of benzene rings is 3. The van der Waals surface area contributed by atoms with E-state index in [1.807, 2.05) is 13.8 Å². The van der Waals surface area contributed by atoms with E-state index in [0.717, 1.165) is 0 Å². The van der Waals surface area contributed by atoms with Crippen molar-refractivity contribution >= 4 is 23.4 Å². The Labute approximate surface area is 221 Å². The predicted octanol–water partition coefficient (Wildman–Crippen LogP) is 4.89. The van der Waals surface area contributed by atoms with Crippen molar-refractivity contribution in [3.63, 3.8) is 0 Å². The van der Waals surface area contributed by atoms with Crippen LogP contribution in [0.4, 0.5) is 0 Å². The van der Waals surface area contributed by atoms with Gasteiger partial charge in [-0.05, 0) is 73.5 Å². The van der Waals surface area contributed by atoms with Crippen molar-refractivity contribution in [3.8, 4) is 11.5 Å². The third kappa shape index (κ3) is 5.39. The Hall–Kier alpha value is -4.59. The Morgan fingerprint density at radius 1 is 0.868 bits per heavy atom. The Balaban J connectivity index is 1.76. The van der Waals surface area contributed by atoms with Crippen LogP contribution in [0.25, 0.3) is 5.76 Å². The minimum Gasteiger partial charge on any atom is -0.507 e. The number of ketones is 1. The first kappa shape index (κ1) is 26.5. The van der Waals surface area contributed by atoms with Crippen LogP contribution in [0, 0.1) is 0 Å². The Bertz CT molecular complexity index is 1360. The largest absolute Gasteiger partial charge is 0.507 e. The number of carbonyl (C=O) groups is 3. The van der Waals surface area contributed by atoms with Crippen LogP contribution in [0.3, 0.4) is 0 Å². The number of aliphatic hydroxyl groups excluding tert-OH is 1. The van der Waals surface area contributed by atoms with E-state index in [0.29, 0.717) is 33.8 Å². The van der Waals surface area contributed by atoms with Crippen molar-refractivity contribution in [1.82, 2.24) is 4.90 Å². The van der Waals surface area contributed by atoms with Crippen LogP contribution in [-0.2, 0) is 20.9 Å². The molecule has 1 N–H and O–H groups in total. The molecule has 38 heavy (non-hydrogen) atoms. The van der Waals surface area contributed by atoms with Gasteiger partial charge in [0.05, 0.1) is 37.5 Å². The quantitative estimate of drug-likeness (QED) is 0.197. The van der Waals surface area contributed by atoms with Gasteiger partial charge in [-0.2, -0.15) is 0 Å². The van der Waals surface area contributed by atoms with Gasteiger partial charge in [-0.3, -0.25) is 9.59 Å². The Morgan fingerprint density at radius 2 is 1.45 bits per heavy atom. The lowest BCUT2D eigenvalue weighted by Crippen LogP contribution is -2.29. The highest BCUT2D eigenvalue weighted by Gasteiger charge is 2.46. The molecule has 0 aliphatic carbocycles. The number of ether oxygens (including phenoxy) is 3. The minimum atomic E-state index is -0.840. The smallest absolute Gasteiger partial charge is 0.337 e. The molecule has 0 radical (unpaired) electrons. The zero-order valence-corrected chi connectivity index (χ0v) is 21.6. The summed E-state index contributed by atoms with van der Waals surface area (Å²) in [4.78, 5) is 39.8. The zero-order valence-electron chi connectivity index (χ0n) is 21.6. The fraction of sp³-hybridized carbons (Fsp3) is 0.233. The number of Topliss-reactive ketones (excluding diaryl/α,β-unsaturated/α-hetero) is 1. The van der Waals surface area contributed by atoms with E-state index in [9.17, 15) is 19.5 Å². The molecule has 1 unspecified atom stereocenters. The molecule has 1 atom stereocenters. The number of rotatable bonds is 8. The van der Waals surface area contributed by atoms with Gasteiger partial charge < -0.3 is 24.2 Å². The molecule has 0 saturated carbocycles. The summed E-state index contributed by atoms with van der Waals surface area (Å²) in [6.07, 6.45) is -0.0171. The van der Waals surface area contributed by atoms with Crippen LogP contribution in [0.15, 0.2) is 78.4 Å². The van der Waals surface area contributed by atoms with Crippen molar-refractivity contribution in [3.05, 3.63) is 101 Å². The summed E-state index contributed by atoms with van der Waals surface area (Å²) >= 11 is 0. The van der Waals surface area contributed by atoms with Gasteiger partial charge in [-0.25, -0.2) is 4.79 Å². The summed E-state index contributed by atoms with van der Waals surface area (Å²) in [5.41, 5.74) is 2.09. The molecule has 1 aliphatic heterocycles. The van der Waals surface area contributed by atoms with Gasteiger partial charge in [-0.15, -0.1) is 0 Å². The van der Waals surface area contributed by atoms with Crippen molar-refractivity contribution in [2.45, 2.75) is 32.5 Å². The maximum atomic E-state index is 13.3. The summed E-state index contributed by atoms with van der Waals surface area (Å²) in [6, 6.07) is 19.5. The van der Waals surface area contributed by atoms with E-state index in [1.54, 1.807) is 79.9 Å². The van der Waals surface area contributed by atoms with E-state index in [1.165, 1.54) is 12.0 Å². The van der Waals surface area contributed by atoms with Gasteiger partial charge in [-0.1, -0.05) is 24.3 Å². The van der Waals surface area contributed by atoms with Gasteiger partial charge >= 0.3 is 5.97 Å². The lowest BCUT2D eigenvalue weighted by atomic mass is 9.95. The molecule has 8 heteroatoms.